The van der Waals surface area contributed by atoms with Crippen LogP contribution in [0.2, 0.25) is 0 Å². The number of phenolic OH excluding ortho intramolecular Hbond substituents is 1. The van der Waals surface area contributed by atoms with Gasteiger partial charge in [0.1, 0.15) is 5.56 Å². The van der Waals surface area contributed by atoms with Gasteiger partial charge in [0.15, 0.2) is 23.9 Å². The minimum atomic E-state index is -0.739. The molecule has 0 saturated carbocycles. The van der Waals surface area contributed by atoms with Crippen molar-refractivity contribution in [2.75, 3.05) is 19.0 Å². The molecule has 8 heteroatoms. The van der Waals surface area contributed by atoms with Gasteiger partial charge in [0, 0.05) is 4.47 Å². The summed E-state index contributed by atoms with van der Waals surface area (Å²) in [7, 11) is 1.17. The quantitative estimate of drug-likeness (QED) is 0.598. The average molecular weight is 398 g/mol. The van der Waals surface area contributed by atoms with Crippen molar-refractivity contribution in [1.82, 2.24) is 0 Å². The number of halogens is 2. The van der Waals surface area contributed by atoms with Crippen LogP contribution in [-0.2, 0) is 9.53 Å². The molecule has 126 valence electrons. The van der Waals surface area contributed by atoms with Crippen LogP contribution in [0.1, 0.15) is 10.4 Å². The third-order valence-corrected chi connectivity index (χ3v) is 3.46. The largest absolute Gasteiger partial charge is 0.505 e. The molecule has 2 N–H and O–H groups in total. The second-order valence-corrected chi connectivity index (χ2v) is 5.52. The highest BCUT2D eigenvalue weighted by molar-refractivity contribution is 9.10. The van der Waals surface area contributed by atoms with Crippen molar-refractivity contribution in [1.29, 1.82) is 0 Å². The molecular weight excluding hydrogens is 385 g/mol. The van der Waals surface area contributed by atoms with Gasteiger partial charge in [-0.3, -0.25) is 4.79 Å². The Morgan fingerprint density at radius 3 is 2.71 bits per heavy atom. The number of methoxy groups -OCH3 is 1. The highest BCUT2D eigenvalue weighted by Crippen LogP contribution is 2.28. The second kappa shape index (κ2) is 7.78. The number of carbonyl (C=O) groups is 2. The number of para-hydroxylation sites is 1. The van der Waals surface area contributed by atoms with Crippen LogP contribution >= 0.6 is 15.9 Å². The smallest absolute Gasteiger partial charge is 0.341 e. The van der Waals surface area contributed by atoms with E-state index in [4.69, 9.17) is 4.74 Å². The van der Waals surface area contributed by atoms with E-state index in [0.717, 1.165) is 0 Å². The standard InChI is InChI=1S/C16H13BrFNO5/c1-23-16(22)10-3-2-4-12(15(10)21)19-14(20)8-24-13-6-5-9(17)7-11(13)18/h2-7,21H,8H2,1H3,(H,19,20). The molecule has 0 aliphatic carbocycles. The van der Waals surface area contributed by atoms with Gasteiger partial charge in [0.25, 0.3) is 5.91 Å². The van der Waals surface area contributed by atoms with Gasteiger partial charge in [0.05, 0.1) is 12.8 Å². The fraction of sp³-hybridized carbons (Fsp3) is 0.125. The summed E-state index contributed by atoms with van der Waals surface area (Å²) in [6, 6.07) is 8.38. The molecule has 2 rings (SSSR count). The maximum absolute atomic E-state index is 13.6. The summed E-state index contributed by atoms with van der Waals surface area (Å²) in [5, 5.41) is 12.4. The number of benzene rings is 2. The lowest BCUT2D eigenvalue weighted by atomic mass is 10.1. The van der Waals surface area contributed by atoms with Gasteiger partial charge >= 0.3 is 5.97 Å². The molecule has 0 radical (unpaired) electrons. The Balaban J connectivity index is 2.03. The topological polar surface area (TPSA) is 84.9 Å². The Hall–Kier alpha value is -2.61. The number of rotatable bonds is 5. The molecule has 0 bridgehead atoms. The SMILES string of the molecule is COC(=O)c1cccc(NC(=O)COc2ccc(Br)cc2F)c1O. The summed E-state index contributed by atoms with van der Waals surface area (Å²) in [6.07, 6.45) is 0. The molecule has 6 nitrogen and oxygen atoms in total. The van der Waals surface area contributed by atoms with Gasteiger partial charge in [0.2, 0.25) is 0 Å². The first-order chi connectivity index (χ1) is 11.4. The Kier molecular flexibility index (Phi) is 5.75. The van der Waals surface area contributed by atoms with E-state index in [9.17, 15) is 19.1 Å². The number of esters is 1. The molecule has 0 heterocycles. The molecule has 24 heavy (non-hydrogen) atoms. The predicted molar refractivity (Wildman–Crippen MR) is 87.7 cm³/mol. The first-order valence-corrected chi connectivity index (χ1v) is 7.49. The number of nitrogens with one attached hydrogen (secondary N) is 1. The number of ether oxygens (including phenoxy) is 2. The lowest BCUT2D eigenvalue weighted by Crippen LogP contribution is -2.20. The second-order valence-electron chi connectivity index (χ2n) is 4.60. The fourth-order valence-corrected chi connectivity index (χ4v) is 2.17. The van der Waals surface area contributed by atoms with Gasteiger partial charge in [-0.25, -0.2) is 9.18 Å². The van der Waals surface area contributed by atoms with Crippen LogP contribution in [0, 0.1) is 5.82 Å². The van der Waals surface area contributed by atoms with Crippen LogP contribution in [0.5, 0.6) is 11.5 Å². The zero-order chi connectivity index (χ0) is 17.7. The predicted octanol–water partition coefficient (Wildman–Crippen LogP) is 3.10. The van der Waals surface area contributed by atoms with Crippen molar-refractivity contribution in [2.45, 2.75) is 0 Å². The highest BCUT2D eigenvalue weighted by atomic mass is 79.9. The van der Waals surface area contributed by atoms with E-state index in [2.05, 4.69) is 26.0 Å². The minimum Gasteiger partial charge on any atom is -0.505 e. The lowest BCUT2D eigenvalue weighted by Gasteiger charge is -2.11. The number of aromatic hydroxyl groups is 1. The van der Waals surface area contributed by atoms with E-state index in [1.54, 1.807) is 6.07 Å². The average Bonchev–Trinajstić information content (AvgIpc) is 2.55. The summed E-state index contributed by atoms with van der Waals surface area (Å²) >= 11 is 3.11. The number of phenols is 1. The Morgan fingerprint density at radius 2 is 2.04 bits per heavy atom. The normalized spacial score (nSPS) is 10.1. The number of hydrogen-bond acceptors (Lipinski definition) is 5. The van der Waals surface area contributed by atoms with Crippen LogP contribution in [0.25, 0.3) is 0 Å². The monoisotopic (exact) mass is 397 g/mol. The Bertz CT molecular complexity index is 781. The van der Waals surface area contributed by atoms with Crippen molar-refractivity contribution in [2.24, 2.45) is 0 Å². The van der Waals surface area contributed by atoms with E-state index in [1.165, 1.54) is 37.4 Å². The van der Waals surface area contributed by atoms with E-state index >= 15 is 0 Å². The molecule has 0 aliphatic rings. The molecule has 0 unspecified atom stereocenters. The maximum atomic E-state index is 13.6. The third-order valence-electron chi connectivity index (χ3n) is 2.97. The minimum absolute atomic E-state index is 0.0165. The molecule has 0 aromatic heterocycles. The first-order valence-electron chi connectivity index (χ1n) is 6.70. The summed E-state index contributed by atoms with van der Waals surface area (Å²) < 4.78 is 23.7. The van der Waals surface area contributed by atoms with Crippen molar-refractivity contribution in [3.8, 4) is 11.5 Å². The van der Waals surface area contributed by atoms with E-state index in [-0.39, 0.29) is 17.0 Å². The van der Waals surface area contributed by atoms with Crippen LogP contribution in [0.15, 0.2) is 40.9 Å². The van der Waals surface area contributed by atoms with E-state index < -0.39 is 30.1 Å². The maximum Gasteiger partial charge on any atom is 0.341 e. The van der Waals surface area contributed by atoms with Crippen LogP contribution in [0.4, 0.5) is 10.1 Å². The number of hydrogen-bond donors (Lipinski definition) is 2. The molecule has 1 amide bonds. The van der Waals surface area contributed by atoms with Crippen LogP contribution < -0.4 is 10.1 Å². The first kappa shape index (κ1) is 17.7. The van der Waals surface area contributed by atoms with Gasteiger partial charge in [-0.1, -0.05) is 22.0 Å². The summed E-state index contributed by atoms with van der Waals surface area (Å²) in [5.74, 6) is -2.49. The summed E-state index contributed by atoms with van der Waals surface area (Å²) in [4.78, 5) is 23.4. The Morgan fingerprint density at radius 1 is 1.29 bits per heavy atom. The summed E-state index contributed by atoms with van der Waals surface area (Å²) in [5.41, 5.74) is -0.0713. The zero-order valence-corrected chi connectivity index (χ0v) is 14.1. The van der Waals surface area contributed by atoms with Gasteiger partial charge in [-0.05, 0) is 30.3 Å². The molecule has 0 fully saturated rings. The fourth-order valence-electron chi connectivity index (χ4n) is 1.84. The Labute approximate surface area is 145 Å². The van der Waals surface area contributed by atoms with Crippen LogP contribution in [-0.4, -0.2) is 30.7 Å². The lowest BCUT2D eigenvalue weighted by molar-refractivity contribution is -0.118. The molecule has 2 aromatic carbocycles. The van der Waals surface area contributed by atoms with Crippen LogP contribution in [0.3, 0.4) is 0 Å². The number of amides is 1. The summed E-state index contributed by atoms with van der Waals surface area (Å²) in [6.45, 7) is -0.472. The van der Waals surface area contributed by atoms with Crippen molar-refractivity contribution < 1.29 is 28.6 Å². The van der Waals surface area contributed by atoms with Gasteiger partial charge in [-0.15, -0.1) is 0 Å². The molecule has 2 aromatic rings. The van der Waals surface area contributed by atoms with E-state index in [0.29, 0.717) is 4.47 Å². The molecular formula is C16H13BrFNO5. The van der Waals surface area contributed by atoms with Crippen molar-refractivity contribution >= 4 is 33.5 Å². The number of anilines is 1. The zero-order valence-electron chi connectivity index (χ0n) is 12.5. The van der Waals surface area contributed by atoms with Gasteiger partial charge in [-0.2, -0.15) is 0 Å². The molecule has 0 spiro atoms. The molecule has 0 atom stereocenters. The van der Waals surface area contributed by atoms with Gasteiger partial charge < -0.3 is 19.9 Å². The number of carbonyl (C=O) groups excluding carboxylic acids is 2. The highest BCUT2D eigenvalue weighted by Gasteiger charge is 2.16. The molecule has 0 aliphatic heterocycles. The van der Waals surface area contributed by atoms with E-state index in [1.807, 2.05) is 0 Å². The molecule has 0 saturated heterocycles. The van der Waals surface area contributed by atoms with Crippen molar-refractivity contribution in [3.63, 3.8) is 0 Å². The third kappa shape index (κ3) is 4.23. The van der Waals surface area contributed by atoms with Crippen molar-refractivity contribution in [3.05, 3.63) is 52.3 Å².